The minimum absolute atomic E-state index is 0.0143. The fourth-order valence-electron chi connectivity index (χ4n) is 4.05. The standard InChI is InChI=1S/C20H18F3N5O2/c1-10-18-14(26-16(8-24)27-19(18)30-2)9-28(10)17(29)7-12-5-13(12)11-3-4-25-15(6-11)20(21,22)23/h3-4,6,10,12-13H,5,7,9H2,1-2H3. The normalized spacial score (nSPS) is 22.4. The molecule has 1 fully saturated rings. The van der Waals surface area contributed by atoms with Crippen molar-refractivity contribution in [2.45, 2.75) is 44.4 Å². The molecule has 156 valence electrons. The Hall–Kier alpha value is -3.22. The molecule has 3 heterocycles. The average Bonchev–Trinajstić information content (AvgIpc) is 3.40. The van der Waals surface area contributed by atoms with Crippen LogP contribution in [0.1, 0.15) is 60.1 Å². The van der Waals surface area contributed by atoms with Gasteiger partial charge in [-0.15, -0.1) is 0 Å². The molecule has 0 aromatic carbocycles. The maximum absolute atomic E-state index is 12.9. The van der Waals surface area contributed by atoms with E-state index < -0.39 is 11.9 Å². The average molecular weight is 417 g/mol. The molecule has 1 aliphatic heterocycles. The first-order valence-corrected chi connectivity index (χ1v) is 9.40. The second-order valence-electron chi connectivity index (χ2n) is 7.50. The minimum Gasteiger partial charge on any atom is -0.481 e. The molecule has 30 heavy (non-hydrogen) atoms. The fraction of sp³-hybridized carbons (Fsp3) is 0.450. The van der Waals surface area contributed by atoms with Crippen LogP contribution in [0.25, 0.3) is 0 Å². The number of rotatable bonds is 4. The third kappa shape index (κ3) is 3.56. The molecule has 2 aromatic rings. The number of hydrogen-bond donors (Lipinski definition) is 0. The van der Waals surface area contributed by atoms with Crippen molar-refractivity contribution in [1.82, 2.24) is 19.9 Å². The molecule has 0 radical (unpaired) electrons. The van der Waals surface area contributed by atoms with Crippen LogP contribution in [0, 0.1) is 17.2 Å². The van der Waals surface area contributed by atoms with E-state index in [-0.39, 0.29) is 48.5 Å². The van der Waals surface area contributed by atoms with Crippen LogP contribution in [-0.2, 0) is 17.5 Å². The molecule has 0 N–H and O–H groups in total. The van der Waals surface area contributed by atoms with Crippen molar-refractivity contribution in [2.75, 3.05) is 7.11 Å². The van der Waals surface area contributed by atoms with Crippen LogP contribution < -0.4 is 4.74 Å². The van der Waals surface area contributed by atoms with Crippen LogP contribution in [0.4, 0.5) is 13.2 Å². The van der Waals surface area contributed by atoms with Crippen LogP contribution in [0.15, 0.2) is 18.3 Å². The van der Waals surface area contributed by atoms with Crippen molar-refractivity contribution in [3.63, 3.8) is 0 Å². The number of methoxy groups -OCH3 is 1. The van der Waals surface area contributed by atoms with Crippen molar-refractivity contribution < 1.29 is 22.7 Å². The summed E-state index contributed by atoms with van der Waals surface area (Å²) in [6.07, 6.45) is -2.45. The van der Waals surface area contributed by atoms with E-state index in [1.807, 2.05) is 13.0 Å². The van der Waals surface area contributed by atoms with Gasteiger partial charge in [0.25, 0.3) is 0 Å². The number of nitrogens with zero attached hydrogens (tertiary/aromatic N) is 5. The van der Waals surface area contributed by atoms with Crippen molar-refractivity contribution in [3.8, 4) is 11.9 Å². The van der Waals surface area contributed by atoms with Crippen LogP contribution >= 0.6 is 0 Å². The number of ether oxygens (including phenoxy) is 1. The third-order valence-electron chi connectivity index (χ3n) is 5.67. The molecule has 3 atom stereocenters. The van der Waals surface area contributed by atoms with Crippen molar-refractivity contribution in [1.29, 1.82) is 5.26 Å². The van der Waals surface area contributed by atoms with Crippen molar-refractivity contribution in [2.24, 2.45) is 5.92 Å². The van der Waals surface area contributed by atoms with E-state index in [9.17, 15) is 18.0 Å². The summed E-state index contributed by atoms with van der Waals surface area (Å²) in [5.41, 5.74) is 0.898. The van der Waals surface area contributed by atoms with Crippen LogP contribution in [0.2, 0.25) is 0 Å². The topological polar surface area (TPSA) is 92.0 Å². The van der Waals surface area contributed by atoms with Gasteiger partial charge in [-0.05, 0) is 42.9 Å². The first-order chi connectivity index (χ1) is 14.2. The van der Waals surface area contributed by atoms with Crippen molar-refractivity contribution >= 4 is 5.91 Å². The Morgan fingerprint density at radius 2 is 2.17 bits per heavy atom. The van der Waals surface area contributed by atoms with Gasteiger partial charge in [0.1, 0.15) is 11.8 Å². The summed E-state index contributed by atoms with van der Waals surface area (Å²) < 4.78 is 43.9. The van der Waals surface area contributed by atoms with E-state index >= 15 is 0 Å². The lowest BCUT2D eigenvalue weighted by molar-refractivity contribution is -0.141. The molecule has 0 bridgehead atoms. The van der Waals surface area contributed by atoms with Gasteiger partial charge in [0.05, 0.1) is 31.0 Å². The predicted molar refractivity (Wildman–Crippen MR) is 97.0 cm³/mol. The summed E-state index contributed by atoms with van der Waals surface area (Å²) in [5.74, 6) is 0.0451. The van der Waals surface area contributed by atoms with Crippen molar-refractivity contribution in [3.05, 3.63) is 46.7 Å². The van der Waals surface area contributed by atoms with Gasteiger partial charge in [-0.25, -0.2) is 4.98 Å². The first-order valence-electron chi connectivity index (χ1n) is 9.40. The monoisotopic (exact) mass is 417 g/mol. The molecule has 2 aliphatic rings. The zero-order valence-corrected chi connectivity index (χ0v) is 16.3. The lowest BCUT2D eigenvalue weighted by atomic mass is 10.1. The molecule has 0 spiro atoms. The summed E-state index contributed by atoms with van der Waals surface area (Å²) in [7, 11) is 1.44. The largest absolute Gasteiger partial charge is 0.481 e. The van der Waals surface area contributed by atoms with Gasteiger partial charge in [-0.1, -0.05) is 0 Å². The molecule has 1 aliphatic carbocycles. The summed E-state index contributed by atoms with van der Waals surface area (Å²) in [6, 6.07) is 4.20. The van der Waals surface area contributed by atoms with Gasteiger partial charge in [-0.2, -0.15) is 23.4 Å². The second-order valence-corrected chi connectivity index (χ2v) is 7.50. The highest BCUT2D eigenvalue weighted by Gasteiger charge is 2.44. The fourth-order valence-corrected chi connectivity index (χ4v) is 4.05. The van der Waals surface area contributed by atoms with E-state index in [1.165, 1.54) is 7.11 Å². The SMILES string of the molecule is COc1nc(C#N)nc2c1C(C)N(C(=O)CC1CC1c1ccnc(C(F)(F)F)c1)C2. The van der Waals surface area contributed by atoms with Gasteiger partial charge in [0.2, 0.25) is 17.6 Å². The Labute approximate surface area is 170 Å². The number of nitriles is 1. The predicted octanol–water partition coefficient (Wildman–Crippen LogP) is 3.37. The number of alkyl halides is 3. The van der Waals surface area contributed by atoms with Gasteiger partial charge < -0.3 is 9.64 Å². The molecule has 2 aromatic heterocycles. The van der Waals surface area contributed by atoms with E-state index in [4.69, 9.17) is 10.00 Å². The van der Waals surface area contributed by atoms with E-state index in [2.05, 4.69) is 15.0 Å². The molecule has 1 amide bonds. The lowest BCUT2D eigenvalue weighted by Crippen LogP contribution is -2.28. The molecule has 10 heteroatoms. The third-order valence-corrected chi connectivity index (χ3v) is 5.67. The summed E-state index contributed by atoms with van der Waals surface area (Å²) in [6.45, 7) is 2.08. The quantitative estimate of drug-likeness (QED) is 0.758. The van der Waals surface area contributed by atoms with Crippen LogP contribution in [0.3, 0.4) is 0 Å². The van der Waals surface area contributed by atoms with E-state index in [0.717, 1.165) is 12.3 Å². The van der Waals surface area contributed by atoms with E-state index in [0.29, 0.717) is 23.2 Å². The number of carbonyl (C=O) groups is 1. The molecule has 4 rings (SSSR count). The number of aromatic nitrogens is 3. The Morgan fingerprint density at radius 1 is 1.40 bits per heavy atom. The molecular weight excluding hydrogens is 399 g/mol. The number of halogens is 3. The van der Waals surface area contributed by atoms with Gasteiger partial charge in [0, 0.05) is 12.6 Å². The maximum Gasteiger partial charge on any atom is 0.433 e. The summed E-state index contributed by atoms with van der Waals surface area (Å²) in [5, 5.41) is 9.08. The molecule has 0 saturated heterocycles. The Kier molecular flexibility index (Phi) is 4.84. The number of amides is 1. The first kappa shape index (κ1) is 20.1. The molecule has 1 saturated carbocycles. The number of pyridine rings is 1. The van der Waals surface area contributed by atoms with Crippen LogP contribution in [-0.4, -0.2) is 32.9 Å². The lowest BCUT2D eigenvalue weighted by Gasteiger charge is -2.22. The zero-order valence-electron chi connectivity index (χ0n) is 16.3. The number of carbonyl (C=O) groups excluding carboxylic acids is 1. The van der Waals surface area contributed by atoms with Gasteiger partial charge >= 0.3 is 6.18 Å². The molecule has 7 nitrogen and oxygen atoms in total. The second kappa shape index (κ2) is 7.23. The number of hydrogen-bond acceptors (Lipinski definition) is 6. The smallest absolute Gasteiger partial charge is 0.433 e. The Bertz CT molecular complexity index is 1050. The summed E-state index contributed by atoms with van der Waals surface area (Å²) in [4.78, 5) is 26.2. The highest BCUT2D eigenvalue weighted by molar-refractivity contribution is 5.78. The van der Waals surface area contributed by atoms with Gasteiger partial charge in [0.15, 0.2) is 0 Å². The minimum atomic E-state index is -4.49. The Morgan fingerprint density at radius 3 is 2.83 bits per heavy atom. The highest BCUT2D eigenvalue weighted by Crippen LogP contribution is 2.51. The maximum atomic E-state index is 12.9. The van der Waals surface area contributed by atoms with E-state index in [1.54, 1.807) is 11.0 Å². The molecular formula is C20H18F3N5O2. The zero-order chi connectivity index (χ0) is 21.6. The van der Waals surface area contributed by atoms with Crippen LogP contribution in [0.5, 0.6) is 5.88 Å². The van der Waals surface area contributed by atoms with Gasteiger partial charge in [-0.3, -0.25) is 9.78 Å². The summed E-state index contributed by atoms with van der Waals surface area (Å²) >= 11 is 0. The Balaban J connectivity index is 1.45. The highest BCUT2D eigenvalue weighted by atomic mass is 19.4. The molecule has 3 unspecified atom stereocenters. The number of fused-ring (bicyclic) bond motifs is 1.